The van der Waals surface area contributed by atoms with Crippen molar-refractivity contribution in [2.75, 3.05) is 0 Å². The Bertz CT molecular complexity index is 1400. The number of hydrogen-bond acceptors (Lipinski definition) is 4. The summed E-state index contributed by atoms with van der Waals surface area (Å²) < 4.78 is 6.25. The van der Waals surface area contributed by atoms with Crippen LogP contribution in [-0.4, -0.2) is 28.9 Å². The molecule has 0 unspecified atom stereocenters. The van der Waals surface area contributed by atoms with Crippen LogP contribution in [0.15, 0.2) is 39.9 Å². The lowest BCUT2D eigenvalue weighted by Crippen LogP contribution is -2.42. The molecule has 4 aromatic rings. The molecule has 8 nitrogen and oxygen atoms in total. The van der Waals surface area contributed by atoms with E-state index >= 15 is 0 Å². The first-order valence-electron chi connectivity index (χ1n) is 9.97. The molecule has 0 aliphatic carbocycles. The van der Waals surface area contributed by atoms with Crippen LogP contribution in [0.5, 0.6) is 0 Å². The van der Waals surface area contributed by atoms with Gasteiger partial charge in [0.05, 0.1) is 6.04 Å². The van der Waals surface area contributed by atoms with Crippen molar-refractivity contribution in [1.82, 2.24) is 23.1 Å². The van der Waals surface area contributed by atoms with E-state index in [-0.39, 0.29) is 5.78 Å². The number of benzene rings is 1. The van der Waals surface area contributed by atoms with Crippen molar-refractivity contribution >= 4 is 22.7 Å². The lowest BCUT2D eigenvalue weighted by molar-refractivity contribution is -0.119. The summed E-state index contributed by atoms with van der Waals surface area (Å²) in [6, 6.07) is 9.33. The number of hydrogen-bond donors (Lipinski definition) is 0. The maximum absolute atomic E-state index is 13.3. The molecule has 4 rings (SSSR count). The van der Waals surface area contributed by atoms with Crippen LogP contribution in [0, 0.1) is 13.8 Å². The second kappa shape index (κ2) is 7.12. The average molecular weight is 407 g/mol. The average Bonchev–Trinajstić information content (AvgIpc) is 3.22. The second-order valence-electron chi connectivity index (χ2n) is 7.78. The minimum absolute atomic E-state index is 0.248. The number of Topliss-reactive ketones (excluding diaryl/α,β-unsaturated/α-hetero) is 1. The van der Waals surface area contributed by atoms with Crippen LogP contribution in [0.25, 0.3) is 16.9 Å². The molecule has 1 atom stereocenters. The van der Waals surface area contributed by atoms with E-state index in [0.717, 1.165) is 22.4 Å². The fourth-order valence-corrected chi connectivity index (χ4v) is 3.96. The van der Waals surface area contributed by atoms with Gasteiger partial charge in [0.25, 0.3) is 5.56 Å². The third-order valence-corrected chi connectivity index (χ3v) is 6.02. The summed E-state index contributed by atoms with van der Waals surface area (Å²) in [5.41, 5.74) is 2.71. The van der Waals surface area contributed by atoms with E-state index in [0.29, 0.717) is 23.5 Å². The fraction of sp³-hybridized carbons (Fsp3) is 0.364. The Kier molecular flexibility index (Phi) is 4.72. The molecule has 0 N–H and O–H groups in total. The highest BCUT2D eigenvalue weighted by atomic mass is 16.2. The normalized spacial score (nSPS) is 12.7. The molecule has 3 heterocycles. The van der Waals surface area contributed by atoms with Gasteiger partial charge in [-0.25, -0.2) is 9.36 Å². The van der Waals surface area contributed by atoms with Crippen LogP contribution in [0.4, 0.5) is 0 Å². The van der Waals surface area contributed by atoms with E-state index < -0.39 is 17.3 Å². The van der Waals surface area contributed by atoms with Crippen molar-refractivity contribution in [1.29, 1.82) is 0 Å². The number of aryl methyl sites for hydroxylation is 4. The highest BCUT2D eigenvalue weighted by Crippen LogP contribution is 2.21. The highest BCUT2D eigenvalue weighted by Gasteiger charge is 2.25. The molecule has 0 saturated carbocycles. The molecule has 156 valence electrons. The quantitative estimate of drug-likeness (QED) is 0.508. The summed E-state index contributed by atoms with van der Waals surface area (Å²) in [6.45, 7) is 7.58. The molecule has 30 heavy (non-hydrogen) atoms. The molecule has 0 fully saturated rings. The minimum atomic E-state index is -0.840. The van der Waals surface area contributed by atoms with E-state index in [4.69, 9.17) is 0 Å². The van der Waals surface area contributed by atoms with Gasteiger partial charge < -0.3 is 4.57 Å². The molecule has 0 bridgehead atoms. The van der Waals surface area contributed by atoms with E-state index in [1.165, 1.54) is 17.1 Å². The smallest absolute Gasteiger partial charge is 0.314 e. The molecule has 0 aliphatic rings. The maximum atomic E-state index is 13.3. The zero-order valence-corrected chi connectivity index (χ0v) is 17.8. The van der Waals surface area contributed by atoms with Gasteiger partial charge in [-0.2, -0.15) is 4.98 Å². The van der Waals surface area contributed by atoms with Crippen LogP contribution >= 0.6 is 0 Å². The SMILES string of the molecule is CC(=O)[C@H](C)n1c(=O)c2c(nc3n(CCc4ccccc4)c(C)c(C)n23)n(C)c1=O. The Hall–Kier alpha value is -3.42. The number of carbonyl (C=O) groups excluding carboxylic acids is 1. The molecule has 8 heteroatoms. The zero-order chi connectivity index (χ0) is 21.7. The Morgan fingerprint density at radius 2 is 1.77 bits per heavy atom. The molecule has 0 radical (unpaired) electrons. The molecule has 0 spiro atoms. The number of rotatable bonds is 5. The van der Waals surface area contributed by atoms with Gasteiger partial charge in [0.1, 0.15) is 0 Å². The minimum Gasteiger partial charge on any atom is -0.314 e. The third kappa shape index (κ3) is 2.82. The summed E-state index contributed by atoms with van der Waals surface area (Å²) in [4.78, 5) is 42.7. The Morgan fingerprint density at radius 1 is 1.10 bits per heavy atom. The van der Waals surface area contributed by atoms with Gasteiger partial charge in [0, 0.05) is 25.0 Å². The van der Waals surface area contributed by atoms with Crippen molar-refractivity contribution in [2.45, 2.75) is 46.7 Å². The van der Waals surface area contributed by atoms with Gasteiger partial charge in [-0.1, -0.05) is 30.3 Å². The van der Waals surface area contributed by atoms with Gasteiger partial charge in [-0.05, 0) is 39.7 Å². The summed E-state index contributed by atoms with van der Waals surface area (Å²) >= 11 is 0. The number of aromatic nitrogens is 5. The van der Waals surface area contributed by atoms with Crippen molar-refractivity contribution < 1.29 is 4.79 Å². The molecule has 0 aliphatic heterocycles. The number of nitrogens with zero attached hydrogens (tertiary/aromatic N) is 5. The second-order valence-corrected chi connectivity index (χ2v) is 7.78. The number of ketones is 1. The predicted octanol–water partition coefficient (Wildman–Crippen LogP) is 2.16. The Balaban J connectivity index is 1.98. The van der Waals surface area contributed by atoms with Crippen LogP contribution < -0.4 is 11.2 Å². The zero-order valence-electron chi connectivity index (χ0n) is 17.8. The Labute approximate surface area is 173 Å². The van der Waals surface area contributed by atoms with E-state index in [2.05, 4.69) is 21.7 Å². The van der Waals surface area contributed by atoms with Crippen molar-refractivity contribution in [3.05, 3.63) is 68.1 Å². The third-order valence-electron chi connectivity index (χ3n) is 6.02. The van der Waals surface area contributed by atoms with Crippen LogP contribution in [0.1, 0.15) is 36.8 Å². The van der Waals surface area contributed by atoms with E-state index in [9.17, 15) is 14.4 Å². The molecule has 0 amide bonds. The van der Waals surface area contributed by atoms with E-state index in [1.54, 1.807) is 18.4 Å². The van der Waals surface area contributed by atoms with Gasteiger partial charge in [-0.15, -0.1) is 0 Å². The first-order valence-corrected chi connectivity index (χ1v) is 9.97. The monoisotopic (exact) mass is 407 g/mol. The molecule has 1 aromatic carbocycles. The first-order chi connectivity index (χ1) is 14.2. The van der Waals surface area contributed by atoms with E-state index in [1.807, 2.05) is 32.0 Å². The lowest BCUT2D eigenvalue weighted by atomic mass is 10.1. The highest BCUT2D eigenvalue weighted by molar-refractivity contribution is 5.81. The van der Waals surface area contributed by atoms with Crippen molar-refractivity contribution in [2.24, 2.45) is 7.05 Å². The number of imidazole rings is 2. The summed E-state index contributed by atoms with van der Waals surface area (Å²) in [5.74, 6) is 0.374. The predicted molar refractivity (Wildman–Crippen MR) is 115 cm³/mol. The number of carbonyl (C=O) groups is 1. The van der Waals surface area contributed by atoms with Gasteiger partial charge in [0.2, 0.25) is 5.78 Å². The Morgan fingerprint density at radius 3 is 2.40 bits per heavy atom. The molecular weight excluding hydrogens is 382 g/mol. The first kappa shape index (κ1) is 19.9. The van der Waals surface area contributed by atoms with Gasteiger partial charge in [0.15, 0.2) is 16.9 Å². The van der Waals surface area contributed by atoms with Crippen LogP contribution in [0.2, 0.25) is 0 Å². The van der Waals surface area contributed by atoms with Crippen LogP contribution in [-0.2, 0) is 24.8 Å². The maximum Gasteiger partial charge on any atom is 0.333 e. The summed E-state index contributed by atoms with van der Waals surface area (Å²) in [6.07, 6.45) is 0.819. The number of fused-ring (bicyclic) bond motifs is 3. The summed E-state index contributed by atoms with van der Waals surface area (Å²) in [7, 11) is 1.58. The van der Waals surface area contributed by atoms with Gasteiger partial charge in [-0.3, -0.25) is 18.6 Å². The largest absolute Gasteiger partial charge is 0.333 e. The molecule has 3 aromatic heterocycles. The lowest BCUT2D eigenvalue weighted by Gasteiger charge is -2.12. The van der Waals surface area contributed by atoms with Gasteiger partial charge >= 0.3 is 5.69 Å². The summed E-state index contributed by atoms with van der Waals surface area (Å²) in [5, 5.41) is 0. The standard InChI is InChI=1S/C22H25N5O3/c1-13-14(2)26-18-19(24(5)22(30)27(20(18)29)15(3)16(4)28)23-21(26)25(13)12-11-17-9-7-6-8-10-17/h6-10,15H,11-12H2,1-5H3/t15-/m0/s1. The van der Waals surface area contributed by atoms with Crippen molar-refractivity contribution in [3.63, 3.8) is 0 Å². The molecule has 0 saturated heterocycles. The topological polar surface area (TPSA) is 83.3 Å². The molecular formula is C22H25N5O3. The van der Waals surface area contributed by atoms with Crippen molar-refractivity contribution in [3.8, 4) is 0 Å². The van der Waals surface area contributed by atoms with Crippen LogP contribution in [0.3, 0.4) is 0 Å². The fourth-order valence-electron chi connectivity index (χ4n) is 3.96.